The van der Waals surface area contributed by atoms with Crippen LogP contribution in [0.15, 0.2) is 0 Å². The third-order valence-corrected chi connectivity index (χ3v) is 19.7. The lowest BCUT2D eigenvalue weighted by Crippen LogP contribution is -2.70. The quantitative estimate of drug-likeness (QED) is 0.150. The molecular weight excluding hydrogens is 1220 g/mol. The van der Waals surface area contributed by atoms with E-state index in [0.29, 0.717) is 47.0 Å². The molecule has 3 fully saturated rings. The van der Waals surface area contributed by atoms with Crippen LogP contribution in [-0.2, 0) is 33.6 Å². The molecule has 98 heavy (non-hydrogen) atoms. The van der Waals surface area contributed by atoms with Gasteiger partial charge in [0.05, 0.1) is 40.3 Å². The molecule has 0 saturated carbocycles. The van der Waals surface area contributed by atoms with E-state index in [1.54, 1.807) is 0 Å². The largest absolute Gasteiger partial charge is 0.305 e. The van der Waals surface area contributed by atoms with Crippen LogP contribution in [0.25, 0.3) is 0 Å². The van der Waals surface area contributed by atoms with E-state index in [4.69, 9.17) is 0 Å². The average Bonchev–Trinajstić information content (AvgIpc) is 0.897. The predicted octanol–water partition coefficient (Wildman–Crippen LogP) is 18.4. The van der Waals surface area contributed by atoms with E-state index >= 15 is 0 Å². The van der Waals surface area contributed by atoms with E-state index in [0.717, 1.165) is 45.3 Å². The summed E-state index contributed by atoms with van der Waals surface area (Å²) >= 11 is 0. The molecule has 0 bridgehead atoms. The van der Waals surface area contributed by atoms with Gasteiger partial charge in [0.15, 0.2) is 40.5 Å². The summed E-state index contributed by atoms with van der Waals surface area (Å²) in [5.41, 5.74) is -2.09. The maximum Gasteiger partial charge on any atom is 0.158 e. The highest BCUT2D eigenvalue weighted by Crippen LogP contribution is 2.42. The fraction of sp³-hybridized carbons (Fsp3) is 0.917. The minimum atomic E-state index is -0.424. The minimum Gasteiger partial charge on any atom is -0.305 e. The standard InChI is InChI=1S/C14H27NO.C13H25NO.C12H23NO.2C12H25NO.C11H23NO.C10H21NO/c1-11(2)12(16)14(6)9-7-8-10-15(14)13(3,4)5;1-11(2,3)10(15)13(7)8-9-14(13)12(4,5)6;1-9(2)11(14)12(5)7-6-8-13(12)10(3)4;2*1-9(10(14)11(2,3)4)13(8)12(5,6)7;1-8(2)12-11(6,7)9(13)10(3,4)5;1-7(2)11-8(3)9(12)10(4,5)6/h11H,7-10H2,1-6H3;8-9H2,1-7H3;9-10H,6-8H2,1-5H3;2*9H,1-8H3;8,12H,1-7H3;7-8,11H,1-6H3/t;;12-;2*9-;;8-/m..110.1/s1. The van der Waals surface area contributed by atoms with E-state index in [9.17, 15) is 33.6 Å². The van der Waals surface area contributed by atoms with Gasteiger partial charge < -0.3 is 10.6 Å². The number of piperidine rings is 1. The molecule has 2 unspecified atom stereocenters. The highest BCUT2D eigenvalue weighted by molar-refractivity contribution is 5.94. The minimum absolute atomic E-state index is 0.0185. The first-order valence-electron chi connectivity index (χ1n) is 38.0. The Morgan fingerprint density at radius 2 is 0.714 bits per heavy atom. The van der Waals surface area contributed by atoms with Crippen molar-refractivity contribution in [2.75, 3.05) is 33.7 Å². The van der Waals surface area contributed by atoms with E-state index in [1.807, 2.05) is 194 Å². The second-order valence-electron chi connectivity index (χ2n) is 41.0. The molecule has 2 N–H and O–H groups in total. The number of likely N-dealkylation sites (tertiary alicyclic amines) is 3. The van der Waals surface area contributed by atoms with E-state index in [-0.39, 0.29) is 107 Å². The van der Waals surface area contributed by atoms with Crippen LogP contribution in [0.4, 0.5) is 0 Å². The predicted molar refractivity (Wildman–Crippen MR) is 424 cm³/mol. The molecule has 0 spiro atoms. The molecule has 0 aromatic carbocycles. The van der Waals surface area contributed by atoms with Crippen LogP contribution in [0.3, 0.4) is 0 Å². The Balaban J connectivity index is -0.000000527. The van der Waals surface area contributed by atoms with Gasteiger partial charge >= 0.3 is 0 Å². The van der Waals surface area contributed by atoms with Crippen LogP contribution in [0.5, 0.6) is 0 Å². The molecule has 0 aliphatic carbocycles. The number of hydrogen-bond acceptors (Lipinski definition) is 14. The van der Waals surface area contributed by atoms with Gasteiger partial charge in [-0.05, 0) is 232 Å². The Kier molecular flexibility index (Phi) is 39.9. The molecule has 0 amide bonds. The second kappa shape index (κ2) is 38.4. The van der Waals surface area contributed by atoms with Crippen LogP contribution >= 0.6 is 0 Å². The molecule has 3 rings (SSSR count). The molecule has 3 aliphatic heterocycles. The Bertz CT molecular complexity index is 2420. The first kappa shape index (κ1) is 102. The summed E-state index contributed by atoms with van der Waals surface area (Å²) in [5, 5.41) is 6.48. The monoisotopic (exact) mass is 1390 g/mol. The smallest absolute Gasteiger partial charge is 0.158 e. The maximum atomic E-state index is 12.4. The maximum absolute atomic E-state index is 12.4. The molecule has 14 heteroatoms. The highest BCUT2D eigenvalue weighted by Gasteiger charge is 2.54. The summed E-state index contributed by atoms with van der Waals surface area (Å²) in [6.07, 6.45) is 6.61. The van der Waals surface area contributed by atoms with Gasteiger partial charge in [-0.25, -0.2) is 0 Å². The molecule has 6 atom stereocenters. The second-order valence-corrected chi connectivity index (χ2v) is 41.0. The number of nitrogens with zero attached hydrogens (tertiary/aromatic N) is 5. The van der Waals surface area contributed by atoms with Crippen molar-refractivity contribution in [2.24, 2.45) is 38.9 Å². The lowest BCUT2D eigenvalue weighted by Gasteiger charge is -2.57. The number of nitrogens with one attached hydrogen (secondary N) is 2. The average molecular weight is 1390 g/mol. The summed E-state index contributed by atoms with van der Waals surface area (Å²) in [7, 11) is 4.02. The number of Topliss-reactive ketones (excluding diaryl/α,β-unsaturated/α-hetero) is 7. The van der Waals surface area contributed by atoms with Crippen molar-refractivity contribution in [1.29, 1.82) is 0 Å². The topological polar surface area (TPSA) is 160 Å². The fourth-order valence-corrected chi connectivity index (χ4v) is 14.2. The molecule has 3 heterocycles. The van der Waals surface area contributed by atoms with Gasteiger partial charge in [0.25, 0.3) is 0 Å². The lowest BCUT2D eigenvalue weighted by molar-refractivity contribution is -0.155. The van der Waals surface area contributed by atoms with Gasteiger partial charge in [0, 0.05) is 85.7 Å². The molecule has 14 nitrogen and oxygen atoms in total. The molecular formula is C84H169N7O7. The Morgan fingerprint density at radius 3 is 0.969 bits per heavy atom. The first-order valence-corrected chi connectivity index (χ1v) is 38.0. The zero-order valence-corrected chi connectivity index (χ0v) is 74.1. The Morgan fingerprint density at radius 1 is 0.378 bits per heavy atom. The number of hydrogen-bond donors (Lipinski definition) is 2. The number of ketones is 7. The SMILES string of the molecule is CC(C)(C)C(=O)C1(C)CCN1C(C)(C)C.CC(C)C(=O)C1(C)CCCCN1C(C)(C)C.CC(C)C(=O)[C@@]1(C)CCCN1C(C)C.CC(C)NC(C)(C)C(=O)C(C)(C)C.CC(C)N[C@H](C)C(=O)C(C)(C)C.C[C@@H](C(=O)C(C)(C)C)N(C)C(C)(C)C.C[C@H](C(=O)C(C)(C)C)N(C)C(C)(C)C. The van der Waals surface area contributed by atoms with Crippen LogP contribution < -0.4 is 10.6 Å². The summed E-state index contributed by atoms with van der Waals surface area (Å²) < 4.78 is 0. The van der Waals surface area contributed by atoms with Crippen molar-refractivity contribution in [3.63, 3.8) is 0 Å². The van der Waals surface area contributed by atoms with Crippen molar-refractivity contribution < 1.29 is 33.6 Å². The van der Waals surface area contributed by atoms with E-state index in [1.165, 1.54) is 12.8 Å². The molecule has 0 aromatic heterocycles. The first-order chi connectivity index (χ1) is 42.9. The van der Waals surface area contributed by atoms with Crippen molar-refractivity contribution in [3.05, 3.63) is 0 Å². The number of rotatable bonds is 16. The number of carbonyl (C=O) groups is 7. The third-order valence-electron chi connectivity index (χ3n) is 19.7. The van der Waals surface area contributed by atoms with Gasteiger partial charge in [-0.1, -0.05) is 145 Å². The zero-order valence-electron chi connectivity index (χ0n) is 74.1. The zero-order chi connectivity index (χ0) is 79.8. The van der Waals surface area contributed by atoms with Gasteiger partial charge in [-0.15, -0.1) is 0 Å². The summed E-state index contributed by atoms with van der Waals surface area (Å²) in [5.74, 6) is 2.60. The lowest BCUT2D eigenvalue weighted by atomic mass is 9.70. The summed E-state index contributed by atoms with van der Waals surface area (Å²) in [6, 6.07) is 1.10. The van der Waals surface area contributed by atoms with Crippen molar-refractivity contribution in [2.45, 2.75) is 431 Å². The van der Waals surface area contributed by atoms with Crippen molar-refractivity contribution in [3.8, 4) is 0 Å². The van der Waals surface area contributed by atoms with Gasteiger partial charge in [0.1, 0.15) is 0 Å². The summed E-state index contributed by atoms with van der Waals surface area (Å²) in [6.45, 7) is 95.4. The number of likely N-dealkylation sites (N-methyl/N-ethyl adjacent to an activating group) is 2. The van der Waals surface area contributed by atoms with Crippen LogP contribution in [0.1, 0.15) is 350 Å². The van der Waals surface area contributed by atoms with Crippen LogP contribution in [-0.4, -0.2) is 179 Å². The Labute approximate surface area is 609 Å². The number of carbonyl (C=O) groups excluding carboxylic acids is 7. The molecule has 582 valence electrons. The van der Waals surface area contributed by atoms with Gasteiger partial charge in [-0.3, -0.25) is 58.1 Å². The van der Waals surface area contributed by atoms with Gasteiger partial charge in [0.2, 0.25) is 0 Å². The Hall–Kier alpha value is -2.59. The van der Waals surface area contributed by atoms with Gasteiger partial charge in [-0.2, -0.15) is 0 Å². The molecule has 0 aromatic rings. The molecule has 3 aliphatic rings. The summed E-state index contributed by atoms with van der Waals surface area (Å²) in [4.78, 5) is 95.9. The fourth-order valence-electron chi connectivity index (χ4n) is 14.2. The molecule has 3 saturated heterocycles. The van der Waals surface area contributed by atoms with E-state index < -0.39 is 5.54 Å². The van der Waals surface area contributed by atoms with E-state index in [2.05, 4.69) is 167 Å². The van der Waals surface area contributed by atoms with Crippen molar-refractivity contribution in [1.82, 2.24) is 35.1 Å². The highest BCUT2D eigenvalue weighted by atomic mass is 16.2. The third kappa shape index (κ3) is 33.0. The van der Waals surface area contributed by atoms with Crippen LogP contribution in [0.2, 0.25) is 0 Å². The van der Waals surface area contributed by atoms with Crippen molar-refractivity contribution >= 4 is 40.5 Å². The normalized spacial score (nSPS) is 21.3. The molecule has 0 radical (unpaired) electrons. The van der Waals surface area contributed by atoms with Crippen LogP contribution in [0, 0.1) is 38.9 Å².